The molecule has 0 atom stereocenters. The predicted octanol–water partition coefficient (Wildman–Crippen LogP) is 2.97. The predicted molar refractivity (Wildman–Crippen MR) is 97.1 cm³/mol. The highest BCUT2D eigenvalue weighted by Crippen LogP contribution is 2.26. The smallest absolute Gasteiger partial charge is 0.338 e. The highest BCUT2D eigenvalue weighted by Gasteiger charge is 2.14. The molecule has 7 nitrogen and oxygen atoms in total. The van der Waals surface area contributed by atoms with Crippen molar-refractivity contribution in [2.45, 2.75) is 0 Å². The number of benzene rings is 1. The van der Waals surface area contributed by atoms with Gasteiger partial charge >= 0.3 is 5.97 Å². The highest BCUT2D eigenvalue weighted by molar-refractivity contribution is 7.17. The van der Waals surface area contributed by atoms with Gasteiger partial charge in [0.2, 0.25) is 5.95 Å². The van der Waals surface area contributed by atoms with Crippen molar-refractivity contribution in [3.8, 4) is 0 Å². The van der Waals surface area contributed by atoms with Crippen LogP contribution in [0.25, 0.3) is 10.2 Å². The second kappa shape index (κ2) is 6.66. The van der Waals surface area contributed by atoms with Gasteiger partial charge in [0.15, 0.2) is 0 Å². The van der Waals surface area contributed by atoms with Gasteiger partial charge in [-0.1, -0.05) is 0 Å². The number of aromatic carboxylic acids is 1. The van der Waals surface area contributed by atoms with Crippen LogP contribution in [0.1, 0.15) is 10.4 Å². The summed E-state index contributed by atoms with van der Waals surface area (Å²) in [6.45, 7) is 3.28. The molecule has 0 spiro atoms. The van der Waals surface area contributed by atoms with Crippen LogP contribution < -0.4 is 10.2 Å². The molecule has 1 aliphatic heterocycles. The Balaban J connectivity index is 1.54. The molecule has 3 heterocycles. The van der Waals surface area contributed by atoms with E-state index in [4.69, 9.17) is 4.74 Å². The molecule has 1 aromatic carbocycles. The van der Waals surface area contributed by atoms with Crippen LogP contribution in [0.5, 0.6) is 0 Å². The van der Waals surface area contributed by atoms with Crippen LogP contribution in [-0.2, 0) is 4.74 Å². The van der Waals surface area contributed by atoms with Gasteiger partial charge in [-0.25, -0.2) is 14.8 Å². The lowest BCUT2D eigenvalue weighted by molar-refractivity contribution is 0.0699. The molecule has 128 valence electrons. The Kier molecular flexibility index (Phi) is 4.21. The zero-order valence-corrected chi connectivity index (χ0v) is 14.1. The Bertz CT molecular complexity index is 904. The van der Waals surface area contributed by atoms with Crippen LogP contribution in [0.2, 0.25) is 0 Å². The Morgan fingerprint density at radius 3 is 2.72 bits per heavy atom. The number of fused-ring (bicyclic) bond motifs is 1. The third kappa shape index (κ3) is 3.26. The molecule has 0 radical (unpaired) electrons. The summed E-state index contributed by atoms with van der Waals surface area (Å²) in [5.41, 5.74) is 2.66. The number of nitrogens with one attached hydrogen (secondary N) is 1. The normalized spacial score (nSPS) is 14.6. The average Bonchev–Trinajstić information content (AvgIpc) is 3.07. The molecule has 2 aromatic heterocycles. The minimum Gasteiger partial charge on any atom is -0.478 e. The monoisotopic (exact) mass is 356 g/mol. The number of thiophene rings is 1. The molecule has 25 heavy (non-hydrogen) atoms. The SMILES string of the molecule is O=C(O)c1csc2cnc(Nc3ccc(N4CCOCC4)cc3)nc12. The van der Waals surface area contributed by atoms with Gasteiger partial charge in [-0.3, -0.25) is 0 Å². The summed E-state index contributed by atoms with van der Waals surface area (Å²) < 4.78 is 6.12. The lowest BCUT2D eigenvalue weighted by Crippen LogP contribution is -2.36. The number of aromatic nitrogens is 2. The van der Waals surface area contributed by atoms with Gasteiger partial charge in [0.05, 0.1) is 29.7 Å². The molecule has 0 saturated carbocycles. The van der Waals surface area contributed by atoms with Crippen molar-refractivity contribution in [3.05, 3.63) is 41.4 Å². The molecule has 0 bridgehead atoms. The van der Waals surface area contributed by atoms with E-state index in [1.54, 1.807) is 11.6 Å². The van der Waals surface area contributed by atoms with Gasteiger partial charge in [0.1, 0.15) is 5.52 Å². The first-order valence-corrected chi connectivity index (χ1v) is 8.76. The minimum absolute atomic E-state index is 0.202. The molecule has 1 saturated heterocycles. The number of ether oxygens (including phenoxy) is 1. The topological polar surface area (TPSA) is 87.6 Å². The van der Waals surface area contributed by atoms with E-state index in [2.05, 4.69) is 20.2 Å². The number of hydrogen-bond acceptors (Lipinski definition) is 7. The second-order valence-corrected chi connectivity index (χ2v) is 6.54. The van der Waals surface area contributed by atoms with E-state index in [1.165, 1.54) is 11.3 Å². The maximum Gasteiger partial charge on any atom is 0.338 e. The molecular formula is C17H16N4O3S. The number of anilines is 3. The van der Waals surface area contributed by atoms with Crippen LogP contribution in [0.15, 0.2) is 35.8 Å². The fourth-order valence-corrected chi connectivity index (χ4v) is 3.58. The summed E-state index contributed by atoms with van der Waals surface area (Å²) in [6, 6.07) is 8.01. The molecule has 0 unspecified atom stereocenters. The van der Waals surface area contributed by atoms with E-state index in [1.807, 2.05) is 24.3 Å². The number of nitrogens with zero attached hydrogens (tertiary/aromatic N) is 3. The fraction of sp³-hybridized carbons (Fsp3) is 0.235. The van der Waals surface area contributed by atoms with Crippen LogP contribution in [0, 0.1) is 0 Å². The van der Waals surface area contributed by atoms with E-state index in [-0.39, 0.29) is 5.56 Å². The highest BCUT2D eigenvalue weighted by atomic mass is 32.1. The average molecular weight is 356 g/mol. The summed E-state index contributed by atoms with van der Waals surface area (Å²) in [4.78, 5) is 22.1. The quantitative estimate of drug-likeness (QED) is 0.743. The van der Waals surface area contributed by atoms with Gasteiger partial charge in [-0.05, 0) is 24.3 Å². The van der Waals surface area contributed by atoms with Crippen molar-refractivity contribution in [1.29, 1.82) is 0 Å². The van der Waals surface area contributed by atoms with Crippen LogP contribution in [0.4, 0.5) is 17.3 Å². The standard InChI is InChI=1S/C17H16N4O3S/c22-16(23)13-10-25-14-9-18-17(20-15(13)14)19-11-1-3-12(4-2-11)21-5-7-24-8-6-21/h1-4,9-10H,5-8H2,(H,22,23)(H,18,19,20). The Morgan fingerprint density at radius 1 is 1.24 bits per heavy atom. The molecule has 8 heteroatoms. The van der Waals surface area contributed by atoms with Crippen molar-refractivity contribution >= 4 is 44.8 Å². The van der Waals surface area contributed by atoms with E-state index >= 15 is 0 Å². The molecule has 0 aliphatic carbocycles. The Labute approximate surface area is 147 Å². The zero-order valence-electron chi connectivity index (χ0n) is 13.3. The number of carboxylic acids is 1. The van der Waals surface area contributed by atoms with Crippen LogP contribution >= 0.6 is 11.3 Å². The summed E-state index contributed by atoms with van der Waals surface area (Å²) in [5, 5.41) is 13.9. The lowest BCUT2D eigenvalue weighted by atomic mass is 10.2. The fourth-order valence-electron chi connectivity index (χ4n) is 2.75. The first-order chi connectivity index (χ1) is 12.2. The zero-order chi connectivity index (χ0) is 17.2. The van der Waals surface area contributed by atoms with Crippen molar-refractivity contribution in [1.82, 2.24) is 9.97 Å². The molecule has 4 rings (SSSR count). The third-order valence-electron chi connectivity index (χ3n) is 4.04. The van der Waals surface area contributed by atoms with E-state index in [0.717, 1.165) is 42.4 Å². The maximum atomic E-state index is 11.2. The summed E-state index contributed by atoms with van der Waals surface area (Å²) in [6.07, 6.45) is 1.64. The first kappa shape index (κ1) is 15.8. The van der Waals surface area contributed by atoms with Gasteiger partial charge in [-0.15, -0.1) is 11.3 Å². The third-order valence-corrected chi connectivity index (χ3v) is 4.95. The minimum atomic E-state index is -0.981. The van der Waals surface area contributed by atoms with Gasteiger partial charge in [-0.2, -0.15) is 0 Å². The molecule has 3 aromatic rings. The van der Waals surface area contributed by atoms with Crippen molar-refractivity contribution in [2.24, 2.45) is 0 Å². The van der Waals surface area contributed by atoms with Gasteiger partial charge in [0.25, 0.3) is 0 Å². The van der Waals surface area contributed by atoms with E-state index < -0.39 is 5.97 Å². The molecule has 1 fully saturated rings. The van der Waals surface area contributed by atoms with Crippen molar-refractivity contribution < 1.29 is 14.6 Å². The number of rotatable bonds is 4. The summed E-state index contributed by atoms with van der Waals surface area (Å²) in [5.74, 6) is -0.599. The van der Waals surface area contributed by atoms with E-state index in [9.17, 15) is 9.90 Å². The number of carboxylic acid groups (broad SMARTS) is 1. The molecule has 2 N–H and O–H groups in total. The number of hydrogen-bond donors (Lipinski definition) is 2. The first-order valence-electron chi connectivity index (χ1n) is 7.88. The van der Waals surface area contributed by atoms with Crippen LogP contribution in [0.3, 0.4) is 0 Å². The lowest BCUT2D eigenvalue weighted by Gasteiger charge is -2.28. The van der Waals surface area contributed by atoms with Gasteiger partial charge in [0, 0.05) is 29.8 Å². The van der Waals surface area contributed by atoms with Crippen LogP contribution in [-0.4, -0.2) is 47.3 Å². The Morgan fingerprint density at radius 2 is 2.00 bits per heavy atom. The molecule has 0 amide bonds. The number of carbonyl (C=O) groups is 1. The maximum absolute atomic E-state index is 11.2. The summed E-state index contributed by atoms with van der Waals surface area (Å²) >= 11 is 1.33. The van der Waals surface area contributed by atoms with Crippen molar-refractivity contribution in [2.75, 3.05) is 36.5 Å². The van der Waals surface area contributed by atoms with E-state index in [0.29, 0.717) is 11.5 Å². The van der Waals surface area contributed by atoms with Crippen molar-refractivity contribution in [3.63, 3.8) is 0 Å². The number of morpholine rings is 1. The van der Waals surface area contributed by atoms with Gasteiger partial charge < -0.3 is 20.1 Å². The summed E-state index contributed by atoms with van der Waals surface area (Å²) in [7, 11) is 0. The Hall–Kier alpha value is -2.71. The molecule has 1 aliphatic rings. The molecular weight excluding hydrogens is 340 g/mol. The second-order valence-electron chi connectivity index (χ2n) is 5.63. The largest absolute Gasteiger partial charge is 0.478 e.